The molecule has 1 atom stereocenters. The number of hydrogen-bond acceptors (Lipinski definition) is 7. The van der Waals surface area contributed by atoms with Gasteiger partial charge in [-0.25, -0.2) is 13.2 Å². The predicted molar refractivity (Wildman–Crippen MR) is 152 cm³/mol. The summed E-state index contributed by atoms with van der Waals surface area (Å²) in [5.41, 5.74) is 1.65. The molecule has 1 unspecified atom stereocenters. The van der Waals surface area contributed by atoms with Crippen molar-refractivity contribution < 1.29 is 27.5 Å². The Balaban J connectivity index is 2.09. The topological polar surface area (TPSA) is 112 Å². The van der Waals surface area contributed by atoms with E-state index in [9.17, 15) is 22.8 Å². The molecule has 3 aromatic rings. The van der Waals surface area contributed by atoms with Crippen LogP contribution in [0.2, 0.25) is 0 Å². The number of pyridine rings is 1. The van der Waals surface area contributed by atoms with E-state index in [1.807, 2.05) is 37.3 Å². The lowest BCUT2D eigenvalue weighted by atomic mass is 10.1. The highest BCUT2D eigenvalue weighted by molar-refractivity contribution is 7.89. The number of hydrogen-bond donors (Lipinski definition) is 0. The number of esters is 2. The van der Waals surface area contributed by atoms with Crippen molar-refractivity contribution in [1.82, 2.24) is 8.87 Å². The normalized spacial score (nSPS) is 12.1. The molecule has 9 nitrogen and oxygen atoms in total. The first-order valence-corrected chi connectivity index (χ1v) is 14.3. The van der Waals surface area contributed by atoms with Crippen LogP contribution in [0.5, 0.6) is 0 Å². The number of ether oxygens (including phenoxy) is 2. The molecule has 212 valence electrons. The van der Waals surface area contributed by atoms with Gasteiger partial charge >= 0.3 is 11.9 Å². The lowest BCUT2D eigenvalue weighted by molar-refractivity contribution is -0.140. The van der Waals surface area contributed by atoms with Crippen LogP contribution in [0.4, 0.5) is 0 Å². The van der Waals surface area contributed by atoms with Gasteiger partial charge in [-0.1, -0.05) is 66.2 Å². The van der Waals surface area contributed by atoms with Gasteiger partial charge in [0.1, 0.15) is 11.8 Å². The van der Waals surface area contributed by atoms with Crippen LogP contribution in [0.15, 0.2) is 84.3 Å². The molecule has 40 heavy (non-hydrogen) atoms. The minimum Gasteiger partial charge on any atom is -0.468 e. The molecule has 2 aromatic carbocycles. The average Bonchev–Trinajstić information content (AvgIpc) is 2.94. The van der Waals surface area contributed by atoms with Crippen molar-refractivity contribution in [2.24, 2.45) is 0 Å². The van der Waals surface area contributed by atoms with E-state index in [1.54, 1.807) is 31.2 Å². The van der Waals surface area contributed by atoms with E-state index in [-0.39, 0.29) is 17.7 Å². The van der Waals surface area contributed by atoms with E-state index < -0.39 is 45.9 Å². The monoisotopic (exact) mass is 566 g/mol. The molecular weight excluding hydrogens is 532 g/mol. The fraction of sp³-hybridized carbons (Fsp3) is 0.300. The highest BCUT2D eigenvalue weighted by Gasteiger charge is 2.35. The number of rotatable bonds is 13. The lowest BCUT2D eigenvalue weighted by Gasteiger charge is -2.26. The van der Waals surface area contributed by atoms with Crippen molar-refractivity contribution in [1.29, 1.82) is 0 Å². The molecule has 0 aliphatic rings. The fourth-order valence-corrected chi connectivity index (χ4v) is 5.87. The minimum atomic E-state index is -4.31. The molecule has 0 aliphatic heterocycles. The number of carbonyl (C=O) groups is 2. The van der Waals surface area contributed by atoms with Gasteiger partial charge in [-0.05, 0) is 37.5 Å². The lowest BCUT2D eigenvalue weighted by Crippen LogP contribution is -2.41. The Morgan fingerprint density at radius 2 is 1.75 bits per heavy atom. The highest BCUT2D eigenvalue weighted by atomic mass is 32.2. The first kappa shape index (κ1) is 30.5. The molecule has 1 heterocycles. The van der Waals surface area contributed by atoms with Gasteiger partial charge < -0.3 is 14.0 Å². The summed E-state index contributed by atoms with van der Waals surface area (Å²) in [7, 11) is -3.17. The third-order valence-corrected chi connectivity index (χ3v) is 8.50. The van der Waals surface area contributed by atoms with Gasteiger partial charge in [-0.15, -0.1) is 6.58 Å². The van der Waals surface area contributed by atoms with E-state index in [4.69, 9.17) is 9.47 Å². The first-order valence-electron chi connectivity index (χ1n) is 12.8. The summed E-state index contributed by atoms with van der Waals surface area (Å²) in [4.78, 5) is 38.9. The average molecular weight is 567 g/mol. The number of aryl methyl sites for hydroxylation is 3. The van der Waals surface area contributed by atoms with Gasteiger partial charge in [0.15, 0.2) is 0 Å². The Morgan fingerprint density at radius 3 is 2.35 bits per heavy atom. The van der Waals surface area contributed by atoms with E-state index in [2.05, 4.69) is 6.58 Å². The van der Waals surface area contributed by atoms with Crippen LogP contribution in [-0.2, 0) is 43.8 Å². The molecule has 0 fully saturated rings. The van der Waals surface area contributed by atoms with Crippen molar-refractivity contribution >= 4 is 22.0 Å². The third kappa shape index (κ3) is 7.34. The Kier molecular flexibility index (Phi) is 10.6. The van der Waals surface area contributed by atoms with E-state index in [0.29, 0.717) is 18.5 Å². The van der Waals surface area contributed by atoms with E-state index in [0.717, 1.165) is 22.5 Å². The van der Waals surface area contributed by atoms with Crippen LogP contribution in [0.1, 0.15) is 44.8 Å². The van der Waals surface area contributed by atoms with Gasteiger partial charge in [0.2, 0.25) is 10.0 Å². The second kappa shape index (κ2) is 13.9. The smallest absolute Gasteiger partial charge is 0.338 e. The second-order valence-electron chi connectivity index (χ2n) is 9.12. The third-order valence-electron chi connectivity index (χ3n) is 6.41. The molecule has 0 N–H and O–H groups in total. The van der Waals surface area contributed by atoms with Crippen LogP contribution >= 0.6 is 0 Å². The van der Waals surface area contributed by atoms with Crippen LogP contribution in [0.3, 0.4) is 0 Å². The SMILES string of the molecule is C=CC(c1ccc(C)cc1)S(=O)(=O)N(CC(=O)OC)Cc1c(C(=O)OCC)ccn(CCc2ccccc2)c1=O. The molecular formula is C30H34N2O7S. The van der Waals surface area contributed by atoms with Crippen molar-refractivity contribution in [3.63, 3.8) is 0 Å². The second-order valence-corrected chi connectivity index (χ2v) is 11.2. The predicted octanol–water partition coefficient (Wildman–Crippen LogP) is 3.81. The maximum absolute atomic E-state index is 13.9. The summed E-state index contributed by atoms with van der Waals surface area (Å²) in [5.74, 6) is -1.59. The van der Waals surface area contributed by atoms with E-state index >= 15 is 0 Å². The summed E-state index contributed by atoms with van der Waals surface area (Å²) in [5, 5.41) is -1.21. The standard InChI is InChI=1S/C30H34N2O7S/c1-5-27(24-14-12-22(3)13-15-24)40(36,37)32(21-28(33)38-4)20-26-25(30(35)39-6-2)17-19-31(29(26)34)18-16-23-10-8-7-9-11-23/h5,7-15,17,19,27H,1,6,16,18,20-21H2,2-4H3. The number of benzene rings is 2. The van der Waals surface area contributed by atoms with Crippen LogP contribution in [0.25, 0.3) is 0 Å². The summed E-state index contributed by atoms with van der Waals surface area (Å²) >= 11 is 0. The Labute approximate surface area is 234 Å². The largest absolute Gasteiger partial charge is 0.468 e. The van der Waals surface area contributed by atoms with Crippen LogP contribution in [0, 0.1) is 6.92 Å². The Bertz CT molecular complexity index is 1500. The highest BCUT2D eigenvalue weighted by Crippen LogP contribution is 2.28. The zero-order valence-corrected chi connectivity index (χ0v) is 23.7. The maximum atomic E-state index is 13.9. The molecule has 1 aromatic heterocycles. The minimum absolute atomic E-state index is 0.0610. The van der Waals surface area contributed by atoms with Crippen LogP contribution in [-0.4, -0.2) is 49.5 Å². The molecule has 0 aliphatic carbocycles. The molecule has 0 radical (unpaired) electrons. The molecule has 0 saturated heterocycles. The van der Waals surface area contributed by atoms with Crippen molar-refractivity contribution in [2.75, 3.05) is 20.3 Å². The van der Waals surface area contributed by atoms with Crippen molar-refractivity contribution in [3.8, 4) is 0 Å². The first-order chi connectivity index (χ1) is 19.1. The zero-order valence-electron chi connectivity index (χ0n) is 22.9. The zero-order chi connectivity index (χ0) is 29.3. The molecule has 10 heteroatoms. The number of sulfonamides is 1. The summed E-state index contributed by atoms with van der Waals surface area (Å²) in [6.07, 6.45) is 3.29. The Morgan fingerprint density at radius 1 is 1.07 bits per heavy atom. The number of nitrogens with zero attached hydrogens (tertiary/aromatic N) is 2. The van der Waals surface area contributed by atoms with E-state index in [1.165, 1.54) is 22.9 Å². The summed E-state index contributed by atoms with van der Waals surface area (Å²) in [6, 6.07) is 17.9. The molecule has 0 saturated carbocycles. The summed E-state index contributed by atoms with van der Waals surface area (Å²) < 4.78 is 40.1. The quantitative estimate of drug-likeness (QED) is 0.228. The number of methoxy groups -OCH3 is 1. The fourth-order valence-electron chi connectivity index (χ4n) is 4.21. The maximum Gasteiger partial charge on any atom is 0.338 e. The van der Waals surface area contributed by atoms with Gasteiger partial charge in [0.05, 0.1) is 19.3 Å². The van der Waals surface area contributed by atoms with Crippen molar-refractivity contribution in [3.05, 3.63) is 118 Å². The molecule has 0 amide bonds. The van der Waals surface area contributed by atoms with Crippen LogP contribution < -0.4 is 5.56 Å². The van der Waals surface area contributed by atoms with Gasteiger partial charge in [0.25, 0.3) is 5.56 Å². The van der Waals surface area contributed by atoms with Crippen molar-refractivity contribution in [2.45, 2.75) is 38.6 Å². The Hall–Kier alpha value is -4.02. The molecule has 0 bridgehead atoms. The van der Waals surface area contributed by atoms with Gasteiger partial charge in [-0.2, -0.15) is 4.31 Å². The number of aromatic nitrogens is 1. The van der Waals surface area contributed by atoms with Gasteiger partial charge in [0, 0.05) is 24.8 Å². The van der Waals surface area contributed by atoms with Gasteiger partial charge in [-0.3, -0.25) is 9.59 Å². The number of carbonyl (C=O) groups excluding carboxylic acids is 2. The molecule has 0 spiro atoms. The molecule has 3 rings (SSSR count). The summed E-state index contributed by atoms with van der Waals surface area (Å²) in [6.45, 7) is 6.34.